The summed E-state index contributed by atoms with van der Waals surface area (Å²) in [5, 5.41) is 5.17. The molecule has 1 aromatic heterocycles. The molecular formula is C27H33N3O4. The van der Waals surface area contributed by atoms with Crippen molar-refractivity contribution in [2.75, 3.05) is 25.5 Å². The summed E-state index contributed by atoms with van der Waals surface area (Å²) in [5.41, 5.74) is 1.53. The van der Waals surface area contributed by atoms with Crippen molar-refractivity contribution >= 4 is 22.6 Å². The first-order chi connectivity index (χ1) is 16.2. The number of rotatable bonds is 5. The van der Waals surface area contributed by atoms with E-state index in [0.717, 1.165) is 35.2 Å². The molecule has 2 heterocycles. The van der Waals surface area contributed by atoms with Gasteiger partial charge in [0.2, 0.25) is 0 Å². The zero-order chi connectivity index (χ0) is 24.3. The normalized spacial score (nSPS) is 14.8. The van der Waals surface area contributed by atoms with Gasteiger partial charge in [-0.25, -0.2) is 4.79 Å². The van der Waals surface area contributed by atoms with Crippen LogP contribution in [0.1, 0.15) is 39.2 Å². The Morgan fingerprint density at radius 1 is 1.06 bits per heavy atom. The van der Waals surface area contributed by atoms with Crippen LogP contribution >= 0.6 is 0 Å². The van der Waals surface area contributed by atoms with Crippen LogP contribution in [0, 0.1) is 0 Å². The molecule has 0 aliphatic carbocycles. The molecule has 0 saturated carbocycles. The molecular weight excluding hydrogens is 430 g/mol. The molecule has 1 amide bonds. The van der Waals surface area contributed by atoms with E-state index >= 15 is 0 Å². The number of piperidine rings is 1. The Hall–Kier alpha value is -3.48. The maximum absolute atomic E-state index is 13.0. The molecule has 2 aromatic carbocycles. The van der Waals surface area contributed by atoms with Crippen LogP contribution in [0.5, 0.6) is 5.75 Å². The molecule has 1 saturated heterocycles. The average molecular weight is 464 g/mol. The van der Waals surface area contributed by atoms with Crippen LogP contribution in [0.3, 0.4) is 0 Å². The molecule has 0 bridgehead atoms. The number of methoxy groups -OCH3 is 1. The van der Waals surface area contributed by atoms with Crippen LogP contribution in [0.4, 0.5) is 10.5 Å². The van der Waals surface area contributed by atoms with E-state index in [1.54, 1.807) is 16.6 Å². The second-order valence-corrected chi connectivity index (χ2v) is 9.78. The number of pyridine rings is 1. The Bertz CT molecular complexity index is 1200. The second-order valence-electron chi connectivity index (χ2n) is 9.78. The third-order valence-corrected chi connectivity index (χ3v) is 6.01. The van der Waals surface area contributed by atoms with Crippen LogP contribution in [0.15, 0.2) is 59.5 Å². The molecule has 3 aromatic rings. The SMILES string of the molecule is COc1ccc(Cn2ccc3cc(NC4CCN(C(=O)OC(C)(C)C)CC4)ccc3c2=O)cc1. The third-order valence-electron chi connectivity index (χ3n) is 6.01. The number of anilines is 1. The molecule has 1 aliphatic rings. The van der Waals surface area contributed by atoms with Gasteiger partial charge in [0.05, 0.1) is 13.7 Å². The summed E-state index contributed by atoms with van der Waals surface area (Å²) in [4.78, 5) is 27.1. The molecule has 1 fully saturated rings. The number of hydrogen-bond acceptors (Lipinski definition) is 5. The van der Waals surface area contributed by atoms with Gasteiger partial charge >= 0.3 is 6.09 Å². The fraction of sp³-hybridized carbons (Fsp3) is 0.407. The number of amides is 1. The summed E-state index contributed by atoms with van der Waals surface area (Å²) in [6.07, 6.45) is 3.29. The van der Waals surface area contributed by atoms with Crippen molar-refractivity contribution in [3.05, 3.63) is 70.6 Å². The van der Waals surface area contributed by atoms with Gasteiger partial charge in [-0.2, -0.15) is 0 Å². The molecule has 0 spiro atoms. The van der Waals surface area contributed by atoms with E-state index in [0.29, 0.717) is 25.0 Å². The van der Waals surface area contributed by atoms with Gasteiger partial charge in [0, 0.05) is 36.4 Å². The standard InChI is InChI=1S/C27H33N3O4/c1-27(2,3)34-26(32)29-15-12-21(13-16-29)28-22-7-10-24-20(17-22)11-14-30(25(24)31)18-19-5-8-23(33-4)9-6-19/h5-11,14,17,21,28H,12-13,15-16,18H2,1-4H3. The zero-order valence-corrected chi connectivity index (χ0v) is 20.3. The number of nitrogens with zero attached hydrogens (tertiary/aromatic N) is 2. The molecule has 4 rings (SSSR count). The minimum absolute atomic E-state index is 0.00876. The molecule has 1 N–H and O–H groups in total. The topological polar surface area (TPSA) is 72.8 Å². The number of benzene rings is 2. The molecule has 0 atom stereocenters. The van der Waals surface area contributed by atoms with Crippen LogP contribution < -0.4 is 15.6 Å². The van der Waals surface area contributed by atoms with Gasteiger partial charge in [0.25, 0.3) is 5.56 Å². The van der Waals surface area contributed by atoms with E-state index in [2.05, 4.69) is 5.32 Å². The number of fused-ring (bicyclic) bond motifs is 1. The van der Waals surface area contributed by atoms with Crippen molar-refractivity contribution in [2.24, 2.45) is 0 Å². The summed E-state index contributed by atoms with van der Waals surface area (Å²) >= 11 is 0. The van der Waals surface area contributed by atoms with Gasteiger partial charge in [-0.05, 0) is 81.0 Å². The smallest absolute Gasteiger partial charge is 0.410 e. The van der Waals surface area contributed by atoms with E-state index < -0.39 is 5.60 Å². The lowest BCUT2D eigenvalue weighted by atomic mass is 10.0. The highest BCUT2D eigenvalue weighted by molar-refractivity contribution is 5.85. The maximum atomic E-state index is 13.0. The predicted octanol–water partition coefficient (Wildman–Crippen LogP) is 4.87. The summed E-state index contributed by atoms with van der Waals surface area (Å²) in [5.74, 6) is 0.796. The second kappa shape index (κ2) is 9.79. The molecule has 0 unspecified atom stereocenters. The van der Waals surface area contributed by atoms with E-state index in [-0.39, 0.29) is 17.7 Å². The van der Waals surface area contributed by atoms with Gasteiger partial charge in [-0.1, -0.05) is 12.1 Å². The van der Waals surface area contributed by atoms with E-state index in [1.165, 1.54) is 0 Å². The maximum Gasteiger partial charge on any atom is 0.410 e. The predicted molar refractivity (Wildman–Crippen MR) is 135 cm³/mol. The Morgan fingerprint density at radius 3 is 2.41 bits per heavy atom. The minimum atomic E-state index is -0.482. The van der Waals surface area contributed by atoms with E-state index in [1.807, 2.05) is 75.5 Å². The fourth-order valence-electron chi connectivity index (χ4n) is 4.20. The van der Waals surface area contributed by atoms with Crippen molar-refractivity contribution in [2.45, 2.75) is 51.8 Å². The fourth-order valence-corrected chi connectivity index (χ4v) is 4.20. The Balaban J connectivity index is 1.40. The zero-order valence-electron chi connectivity index (χ0n) is 20.3. The lowest BCUT2D eigenvalue weighted by molar-refractivity contribution is 0.0210. The van der Waals surface area contributed by atoms with Crippen LogP contribution in [-0.4, -0.2) is 47.4 Å². The number of likely N-dealkylation sites (tertiary alicyclic amines) is 1. The van der Waals surface area contributed by atoms with Crippen molar-refractivity contribution in [3.8, 4) is 5.75 Å². The number of carbonyl (C=O) groups excluding carboxylic acids is 1. The number of ether oxygens (including phenoxy) is 2. The van der Waals surface area contributed by atoms with Crippen molar-refractivity contribution in [1.29, 1.82) is 0 Å². The first-order valence-corrected chi connectivity index (χ1v) is 11.7. The summed E-state index contributed by atoms with van der Waals surface area (Å²) in [6, 6.07) is 15.9. The number of hydrogen-bond donors (Lipinski definition) is 1. The number of carbonyl (C=O) groups is 1. The van der Waals surface area contributed by atoms with E-state index in [4.69, 9.17) is 9.47 Å². The van der Waals surface area contributed by atoms with Crippen LogP contribution in [0.2, 0.25) is 0 Å². The summed E-state index contributed by atoms with van der Waals surface area (Å²) in [7, 11) is 1.64. The van der Waals surface area contributed by atoms with Gasteiger partial charge in [-0.15, -0.1) is 0 Å². The molecule has 0 radical (unpaired) electrons. The molecule has 7 nitrogen and oxygen atoms in total. The third kappa shape index (κ3) is 5.71. The lowest BCUT2D eigenvalue weighted by Gasteiger charge is -2.34. The highest BCUT2D eigenvalue weighted by Gasteiger charge is 2.26. The van der Waals surface area contributed by atoms with Gasteiger partial charge in [0.15, 0.2) is 0 Å². The van der Waals surface area contributed by atoms with Gasteiger partial charge in [0.1, 0.15) is 11.4 Å². The molecule has 1 aliphatic heterocycles. The first kappa shape index (κ1) is 23.7. The molecule has 180 valence electrons. The first-order valence-electron chi connectivity index (χ1n) is 11.7. The van der Waals surface area contributed by atoms with Crippen LogP contribution in [-0.2, 0) is 11.3 Å². The summed E-state index contributed by atoms with van der Waals surface area (Å²) < 4.78 is 12.4. The minimum Gasteiger partial charge on any atom is -0.497 e. The Labute approximate surface area is 200 Å². The van der Waals surface area contributed by atoms with Crippen molar-refractivity contribution in [3.63, 3.8) is 0 Å². The summed E-state index contributed by atoms with van der Waals surface area (Å²) in [6.45, 7) is 7.48. The molecule has 34 heavy (non-hydrogen) atoms. The van der Waals surface area contributed by atoms with E-state index in [9.17, 15) is 9.59 Å². The van der Waals surface area contributed by atoms with Crippen molar-refractivity contribution in [1.82, 2.24) is 9.47 Å². The Morgan fingerprint density at radius 2 is 1.76 bits per heavy atom. The van der Waals surface area contributed by atoms with Gasteiger partial charge in [-0.3, -0.25) is 4.79 Å². The highest BCUT2D eigenvalue weighted by atomic mass is 16.6. The Kier molecular flexibility index (Phi) is 6.82. The molecule has 7 heteroatoms. The lowest BCUT2D eigenvalue weighted by Crippen LogP contribution is -2.44. The average Bonchev–Trinajstić information content (AvgIpc) is 2.81. The van der Waals surface area contributed by atoms with Crippen molar-refractivity contribution < 1.29 is 14.3 Å². The van der Waals surface area contributed by atoms with Gasteiger partial charge < -0.3 is 24.3 Å². The largest absolute Gasteiger partial charge is 0.497 e. The number of aromatic nitrogens is 1. The number of nitrogens with one attached hydrogen (secondary N) is 1. The quantitative estimate of drug-likeness (QED) is 0.584. The highest BCUT2D eigenvalue weighted by Crippen LogP contribution is 2.22. The van der Waals surface area contributed by atoms with Crippen LogP contribution in [0.25, 0.3) is 10.8 Å². The monoisotopic (exact) mass is 463 g/mol.